The average Bonchev–Trinajstić information content (AvgIpc) is 2.52. The monoisotopic (exact) mass is 328 g/mol. The number of halogens is 4. The van der Waals surface area contributed by atoms with E-state index in [1.54, 1.807) is 0 Å². The summed E-state index contributed by atoms with van der Waals surface area (Å²) < 4.78 is 57.1. The van der Waals surface area contributed by atoms with Crippen LogP contribution in [-0.2, 0) is 17.5 Å². The minimum absolute atomic E-state index is 0.00787. The maximum Gasteiger partial charge on any atom is 0.417 e. The molecule has 0 unspecified atom stereocenters. The number of methoxy groups -OCH3 is 1. The Morgan fingerprint density at radius 2 is 1.87 bits per heavy atom. The maximum atomic E-state index is 13.2. The van der Waals surface area contributed by atoms with Crippen LogP contribution in [0.15, 0.2) is 36.4 Å². The molecule has 3 nitrogen and oxygen atoms in total. The third-order valence-corrected chi connectivity index (χ3v) is 3.19. The minimum Gasteiger partial charge on any atom is -0.465 e. The number of hydrogen-bond donors (Lipinski definition) is 1. The van der Waals surface area contributed by atoms with Crippen molar-refractivity contribution in [1.82, 2.24) is 0 Å². The lowest BCUT2D eigenvalue weighted by Gasteiger charge is -2.14. The summed E-state index contributed by atoms with van der Waals surface area (Å²) >= 11 is 0. The van der Waals surface area contributed by atoms with Gasteiger partial charge in [0.25, 0.3) is 0 Å². The summed E-state index contributed by atoms with van der Waals surface area (Å²) in [6, 6.07) is 6.08. The molecule has 2 aromatic carbocycles. The second-order valence-corrected chi connectivity index (χ2v) is 4.76. The number of aliphatic hydroxyl groups is 1. The first-order valence-corrected chi connectivity index (χ1v) is 6.46. The number of carbonyl (C=O) groups is 1. The van der Waals surface area contributed by atoms with Crippen LogP contribution >= 0.6 is 0 Å². The molecule has 0 radical (unpaired) electrons. The van der Waals surface area contributed by atoms with Gasteiger partial charge in [0.2, 0.25) is 0 Å². The zero-order chi connectivity index (χ0) is 17.2. The molecule has 1 N–H and O–H groups in total. The van der Waals surface area contributed by atoms with Crippen molar-refractivity contribution >= 4 is 5.97 Å². The predicted octanol–water partition coefficient (Wildman–Crippen LogP) is 3.79. The lowest BCUT2D eigenvalue weighted by Crippen LogP contribution is -2.09. The summed E-state index contributed by atoms with van der Waals surface area (Å²) in [5, 5.41) is 9.23. The molecule has 0 bridgehead atoms. The van der Waals surface area contributed by atoms with Gasteiger partial charge in [-0.15, -0.1) is 0 Å². The van der Waals surface area contributed by atoms with Crippen molar-refractivity contribution in [3.63, 3.8) is 0 Å². The topological polar surface area (TPSA) is 46.5 Å². The second-order valence-electron chi connectivity index (χ2n) is 4.76. The summed E-state index contributed by atoms with van der Waals surface area (Å²) in [6.45, 7) is -0.472. The molecule has 0 spiro atoms. The van der Waals surface area contributed by atoms with Crippen LogP contribution in [0.3, 0.4) is 0 Å². The first kappa shape index (κ1) is 17.0. The largest absolute Gasteiger partial charge is 0.465 e. The van der Waals surface area contributed by atoms with Gasteiger partial charge in [0.05, 0.1) is 24.8 Å². The second kappa shape index (κ2) is 6.37. The molecule has 2 aromatic rings. The predicted molar refractivity (Wildman–Crippen MR) is 74.1 cm³/mol. The Morgan fingerprint density at radius 1 is 1.17 bits per heavy atom. The van der Waals surface area contributed by atoms with Gasteiger partial charge < -0.3 is 9.84 Å². The van der Waals surface area contributed by atoms with Gasteiger partial charge in [0.15, 0.2) is 0 Å². The molecule has 0 atom stereocenters. The fourth-order valence-corrected chi connectivity index (χ4v) is 2.18. The van der Waals surface area contributed by atoms with Gasteiger partial charge in [-0.25, -0.2) is 9.18 Å². The van der Waals surface area contributed by atoms with Crippen molar-refractivity contribution in [1.29, 1.82) is 0 Å². The molecular formula is C16H12F4O3. The van der Waals surface area contributed by atoms with E-state index in [-0.39, 0.29) is 22.3 Å². The summed E-state index contributed by atoms with van der Waals surface area (Å²) in [5.74, 6) is -1.77. The highest BCUT2D eigenvalue weighted by atomic mass is 19.4. The number of alkyl halides is 3. The molecule has 2 rings (SSSR count). The van der Waals surface area contributed by atoms with Crippen LogP contribution in [0.5, 0.6) is 0 Å². The van der Waals surface area contributed by atoms with Crippen molar-refractivity contribution in [3.8, 4) is 11.1 Å². The molecule has 0 aromatic heterocycles. The fourth-order valence-electron chi connectivity index (χ4n) is 2.18. The van der Waals surface area contributed by atoms with Crippen LogP contribution in [0.2, 0.25) is 0 Å². The fraction of sp³-hybridized carbons (Fsp3) is 0.188. The van der Waals surface area contributed by atoms with Crippen LogP contribution in [0.1, 0.15) is 21.5 Å². The standard InChI is InChI=1S/C16H12F4O3/c1-23-15(22)11-5-9(8-21)4-10(6-11)13-3-2-12(17)7-14(13)16(18,19)20/h2-7,21H,8H2,1H3. The van der Waals surface area contributed by atoms with E-state index in [0.29, 0.717) is 6.07 Å². The molecule has 0 aliphatic rings. The van der Waals surface area contributed by atoms with E-state index in [4.69, 9.17) is 0 Å². The number of rotatable bonds is 3. The zero-order valence-corrected chi connectivity index (χ0v) is 11.9. The molecule has 7 heteroatoms. The molecule has 23 heavy (non-hydrogen) atoms. The molecular weight excluding hydrogens is 316 g/mol. The van der Waals surface area contributed by atoms with Crippen molar-refractivity contribution in [2.24, 2.45) is 0 Å². The van der Waals surface area contributed by atoms with Crippen LogP contribution in [0.4, 0.5) is 17.6 Å². The Hall–Kier alpha value is -2.41. The van der Waals surface area contributed by atoms with Gasteiger partial charge in [0, 0.05) is 0 Å². The lowest BCUT2D eigenvalue weighted by molar-refractivity contribution is -0.137. The van der Waals surface area contributed by atoms with E-state index in [1.807, 2.05) is 0 Å². The zero-order valence-electron chi connectivity index (χ0n) is 11.9. The smallest absolute Gasteiger partial charge is 0.417 e. The SMILES string of the molecule is COC(=O)c1cc(CO)cc(-c2ccc(F)cc2C(F)(F)F)c1. The number of hydrogen-bond acceptors (Lipinski definition) is 3. The number of carbonyl (C=O) groups excluding carboxylic acids is 1. The van der Waals surface area contributed by atoms with Crippen LogP contribution in [0.25, 0.3) is 11.1 Å². The molecule has 0 saturated carbocycles. The van der Waals surface area contributed by atoms with Crippen LogP contribution in [-0.4, -0.2) is 18.2 Å². The van der Waals surface area contributed by atoms with Gasteiger partial charge >= 0.3 is 12.1 Å². The Bertz CT molecular complexity index is 739. The van der Waals surface area contributed by atoms with E-state index in [1.165, 1.54) is 18.2 Å². The first-order chi connectivity index (χ1) is 10.8. The Labute approximate surface area is 129 Å². The summed E-state index contributed by atoms with van der Waals surface area (Å²) in [5.41, 5.74) is -1.20. The maximum absolute atomic E-state index is 13.2. The van der Waals surface area contributed by atoms with Gasteiger partial charge in [-0.3, -0.25) is 0 Å². The van der Waals surface area contributed by atoms with E-state index in [2.05, 4.69) is 4.74 Å². The molecule has 122 valence electrons. The molecule has 0 amide bonds. The summed E-state index contributed by atoms with van der Waals surface area (Å²) in [7, 11) is 1.13. The summed E-state index contributed by atoms with van der Waals surface area (Å²) in [6.07, 6.45) is -4.77. The number of esters is 1. The van der Waals surface area contributed by atoms with E-state index >= 15 is 0 Å². The quantitative estimate of drug-likeness (QED) is 0.689. The normalized spacial score (nSPS) is 11.4. The van der Waals surface area contributed by atoms with Crippen molar-refractivity contribution in [2.45, 2.75) is 12.8 Å². The molecule has 0 aliphatic carbocycles. The minimum atomic E-state index is -4.77. The first-order valence-electron chi connectivity index (χ1n) is 6.46. The molecule has 0 aliphatic heterocycles. The highest BCUT2D eigenvalue weighted by molar-refractivity contribution is 5.91. The van der Waals surface area contributed by atoms with Gasteiger partial charge in [-0.1, -0.05) is 6.07 Å². The number of benzene rings is 2. The van der Waals surface area contributed by atoms with Crippen LogP contribution < -0.4 is 0 Å². The van der Waals surface area contributed by atoms with Crippen molar-refractivity contribution < 1.29 is 32.2 Å². The highest BCUT2D eigenvalue weighted by Gasteiger charge is 2.34. The summed E-state index contributed by atoms with van der Waals surface area (Å²) in [4.78, 5) is 11.6. The number of ether oxygens (including phenoxy) is 1. The van der Waals surface area contributed by atoms with E-state index < -0.39 is 30.1 Å². The molecule has 0 heterocycles. The van der Waals surface area contributed by atoms with Crippen molar-refractivity contribution in [3.05, 3.63) is 58.9 Å². The van der Waals surface area contributed by atoms with Crippen molar-refractivity contribution in [2.75, 3.05) is 7.11 Å². The molecule has 0 fully saturated rings. The van der Waals surface area contributed by atoms with E-state index in [9.17, 15) is 27.5 Å². The Balaban J connectivity index is 2.69. The molecule has 0 saturated heterocycles. The van der Waals surface area contributed by atoms with Gasteiger partial charge in [-0.2, -0.15) is 13.2 Å². The third-order valence-electron chi connectivity index (χ3n) is 3.19. The average molecular weight is 328 g/mol. The van der Waals surface area contributed by atoms with E-state index in [0.717, 1.165) is 19.2 Å². The lowest BCUT2D eigenvalue weighted by atomic mass is 9.95. The number of aliphatic hydroxyl groups excluding tert-OH is 1. The van der Waals surface area contributed by atoms with Gasteiger partial charge in [0.1, 0.15) is 5.82 Å². The third kappa shape index (κ3) is 3.68. The van der Waals surface area contributed by atoms with Gasteiger partial charge in [-0.05, 0) is 47.0 Å². The Kier molecular flexibility index (Phi) is 4.70. The highest BCUT2D eigenvalue weighted by Crippen LogP contribution is 2.38. The van der Waals surface area contributed by atoms with Crippen LogP contribution in [0, 0.1) is 5.82 Å². The Morgan fingerprint density at radius 3 is 2.43 bits per heavy atom.